The lowest BCUT2D eigenvalue weighted by Gasteiger charge is -2.33. The summed E-state index contributed by atoms with van der Waals surface area (Å²) < 4.78 is 10.2. The average Bonchev–Trinajstić information content (AvgIpc) is 2.92. The zero-order valence-corrected chi connectivity index (χ0v) is 12.5. The summed E-state index contributed by atoms with van der Waals surface area (Å²) in [6.45, 7) is 6.54. The molecule has 0 bridgehead atoms. The van der Waals surface area contributed by atoms with Gasteiger partial charge in [0.15, 0.2) is 0 Å². The monoisotopic (exact) mass is 272 g/mol. The third-order valence-electron chi connectivity index (χ3n) is 4.00. The summed E-state index contributed by atoms with van der Waals surface area (Å²) >= 11 is 0. The van der Waals surface area contributed by atoms with Crippen molar-refractivity contribution in [3.63, 3.8) is 0 Å². The zero-order chi connectivity index (χ0) is 14.1. The van der Waals surface area contributed by atoms with Crippen LogP contribution in [0.5, 0.6) is 0 Å². The van der Waals surface area contributed by atoms with Crippen molar-refractivity contribution >= 4 is 5.91 Å². The van der Waals surface area contributed by atoms with E-state index in [0.29, 0.717) is 19.8 Å². The molecule has 19 heavy (non-hydrogen) atoms. The van der Waals surface area contributed by atoms with Gasteiger partial charge in [-0.1, -0.05) is 6.92 Å². The number of carbonyl (C=O) groups excluding carboxylic acids is 1. The number of nitrogens with one attached hydrogen (secondary N) is 1. The number of ether oxygens (including phenoxy) is 2. The van der Waals surface area contributed by atoms with E-state index in [2.05, 4.69) is 12.2 Å². The first-order chi connectivity index (χ1) is 9.20. The highest BCUT2D eigenvalue weighted by Gasteiger charge is 2.41. The Bertz CT molecular complexity index is 265. The normalized spacial score (nSPS) is 22.7. The first-order valence-corrected chi connectivity index (χ1v) is 7.18. The molecule has 0 aliphatic carbocycles. The van der Waals surface area contributed by atoms with E-state index in [1.165, 1.54) is 0 Å². The van der Waals surface area contributed by atoms with Crippen molar-refractivity contribution in [2.24, 2.45) is 5.41 Å². The van der Waals surface area contributed by atoms with Crippen LogP contribution in [0.4, 0.5) is 0 Å². The van der Waals surface area contributed by atoms with Crippen molar-refractivity contribution in [1.82, 2.24) is 10.2 Å². The second kappa shape index (κ2) is 8.51. The van der Waals surface area contributed by atoms with Gasteiger partial charge in [0, 0.05) is 40.5 Å². The Labute approximate surface area is 116 Å². The van der Waals surface area contributed by atoms with Crippen LogP contribution in [-0.2, 0) is 14.3 Å². The van der Waals surface area contributed by atoms with Crippen LogP contribution < -0.4 is 5.32 Å². The van der Waals surface area contributed by atoms with Crippen molar-refractivity contribution in [2.45, 2.75) is 26.2 Å². The van der Waals surface area contributed by atoms with Gasteiger partial charge in [-0.15, -0.1) is 0 Å². The largest absolute Gasteiger partial charge is 0.385 e. The molecule has 0 aromatic rings. The lowest BCUT2D eigenvalue weighted by Crippen LogP contribution is -2.46. The van der Waals surface area contributed by atoms with Gasteiger partial charge in [-0.05, 0) is 25.8 Å². The summed E-state index contributed by atoms with van der Waals surface area (Å²) in [5.41, 5.74) is -0.208. The van der Waals surface area contributed by atoms with Crippen LogP contribution in [0.2, 0.25) is 0 Å². The number of hydrogen-bond acceptors (Lipinski definition) is 4. The van der Waals surface area contributed by atoms with E-state index in [9.17, 15) is 4.79 Å². The van der Waals surface area contributed by atoms with Crippen LogP contribution >= 0.6 is 0 Å². The summed E-state index contributed by atoms with van der Waals surface area (Å²) in [6.07, 6.45) is 2.71. The maximum Gasteiger partial charge on any atom is 0.230 e. The van der Waals surface area contributed by atoms with Crippen LogP contribution in [0.1, 0.15) is 26.2 Å². The maximum absolute atomic E-state index is 12.8. The second-order valence-electron chi connectivity index (χ2n) is 5.19. The zero-order valence-electron chi connectivity index (χ0n) is 12.5. The molecule has 112 valence electrons. The van der Waals surface area contributed by atoms with Crippen LogP contribution in [0.3, 0.4) is 0 Å². The highest BCUT2D eigenvalue weighted by molar-refractivity contribution is 5.83. The first kappa shape index (κ1) is 16.4. The molecule has 1 aliphatic rings. The molecule has 5 heteroatoms. The second-order valence-corrected chi connectivity index (χ2v) is 5.19. The van der Waals surface area contributed by atoms with Gasteiger partial charge in [-0.3, -0.25) is 4.79 Å². The molecule has 0 spiro atoms. The van der Waals surface area contributed by atoms with Gasteiger partial charge in [-0.2, -0.15) is 0 Å². The van der Waals surface area contributed by atoms with Gasteiger partial charge in [0.2, 0.25) is 5.91 Å². The molecular weight excluding hydrogens is 244 g/mol. The minimum atomic E-state index is -0.208. The highest BCUT2D eigenvalue weighted by Crippen LogP contribution is 2.31. The highest BCUT2D eigenvalue weighted by atomic mass is 16.5. The Balaban J connectivity index is 2.62. The molecule has 1 unspecified atom stereocenters. The molecule has 0 saturated carbocycles. The van der Waals surface area contributed by atoms with Crippen molar-refractivity contribution in [3.05, 3.63) is 0 Å². The summed E-state index contributed by atoms with van der Waals surface area (Å²) in [7, 11) is 3.36. The van der Waals surface area contributed by atoms with E-state index >= 15 is 0 Å². The van der Waals surface area contributed by atoms with E-state index < -0.39 is 0 Å². The molecule has 1 saturated heterocycles. The Hall–Kier alpha value is -0.650. The van der Waals surface area contributed by atoms with E-state index in [4.69, 9.17) is 9.47 Å². The molecule has 1 aliphatic heterocycles. The van der Waals surface area contributed by atoms with Gasteiger partial charge in [-0.25, -0.2) is 0 Å². The first-order valence-electron chi connectivity index (χ1n) is 7.18. The lowest BCUT2D eigenvalue weighted by molar-refractivity contribution is -0.142. The Morgan fingerprint density at radius 3 is 2.53 bits per heavy atom. The van der Waals surface area contributed by atoms with Crippen molar-refractivity contribution in [2.75, 3.05) is 53.6 Å². The van der Waals surface area contributed by atoms with E-state index in [0.717, 1.165) is 38.9 Å². The molecule has 1 atom stereocenters. The van der Waals surface area contributed by atoms with E-state index in [1.807, 2.05) is 4.90 Å². The van der Waals surface area contributed by atoms with Crippen molar-refractivity contribution in [1.29, 1.82) is 0 Å². The van der Waals surface area contributed by atoms with Crippen LogP contribution in [-0.4, -0.2) is 64.4 Å². The fourth-order valence-electron chi connectivity index (χ4n) is 2.63. The third kappa shape index (κ3) is 4.44. The molecule has 1 amide bonds. The molecule has 0 radical (unpaired) electrons. The number of rotatable bonds is 9. The molecule has 1 rings (SSSR count). The molecular formula is C14H28N2O3. The number of hydrogen-bond donors (Lipinski definition) is 1. The molecule has 1 N–H and O–H groups in total. The minimum absolute atomic E-state index is 0.208. The smallest absolute Gasteiger partial charge is 0.230 e. The standard InChI is InChI=1S/C14H28N2O3/c1-4-14(6-7-15-12-14)13(17)16(9-11-19-3)8-5-10-18-2/h15H,4-12H2,1-3H3. The van der Waals surface area contributed by atoms with E-state index in [-0.39, 0.29) is 11.3 Å². The van der Waals surface area contributed by atoms with Crippen LogP contribution in [0.15, 0.2) is 0 Å². The van der Waals surface area contributed by atoms with Crippen molar-refractivity contribution in [3.8, 4) is 0 Å². The number of methoxy groups -OCH3 is 2. The molecule has 0 aromatic carbocycles. The summed E-state index contributed by atoms with van der Waals surface area (Å²) in [6, 6.07) is 0. The fourth-order valence-corrected chi connectivity index (χ4v) is 2.63. The SMILES string of the molecule is CCC1(C(=O)N(CCCOC)CCOC)CCNC1. The van der Waals surface area contributed by atoms with Gasteiger partial charge < -0.3 is 19.7 Å². The van der Waals surface area contributed by atoms with Crippen molar-refractivity contribution < 1.29 is 14.3 Å². The van der Waals surface area contributed by atoms with Crippen LogP contribution in [0.25, 0.3) is 0 Å². The number of nitrogens with zero attached hydrogens (tertiary/aromatic N) is 1. The molecule has 1 heterocycles. The summed E-state index contributed by atoms with van der Waals surface area (Å²) in [4.78, 5) is 14.7. The van der Waals surface area contributed by atoms with Crippen LogP contribution in [0, 0.1) is 5.41 Å². The lowest BCUT2D eigenvalue weighted by atomic mass is 9.82. The average molecular weight is 272 g/mol. The third-order valence-corrected chi connectivity index (χ3v) is 4.00. The quantitative estimate of drug-likeness (QED) is 0.633. The fraction of sp³-hybridized carbons (Fsp3) is 0.929. The van der Waals surface area contributed by atoms with Gasteiger partial charge in [0.05, 0.1) is 12.0 Å². The number of carbonyl (C=O) groups is 1. The summed E-state index contributed by atoms with van der Waals surface area (Å²) in [5.74, 6) is 0.271. The maximum atomic E-state index is 12.8. The Kier molecular flexibility index (Phi) is 7.34. The van der Waals surface area contributed by atoms with Gasteiger partial charge >= 0.3 is 0 Å². The topological polar surface area (TPSA) is 50.8 Å². The minimum Gasteiger partial charge on any atom is -0.385 e. The number of amides is 1. The predicted molar refractivity (Wildman–Crippen MR) is 75.2 cm³/mol. The van der Waals surface area contributed by atoms with Gasteiger partial charge in [0.1, 0.15) is 0 Å². The summed E-state index contributed by atoms with van der Waals surface area (Å²) in [5, 5.41) is 3.32. The Morgan fingerprint density at radius 2 is 2.00 bits per heavy atom. The van der Waals surface area contributed by atoms with E-state index in [1.54, 1.807) is 14.2 Å². The predicted octanol–water partition coefficient (Wildman–Crippen LogP) is 0.888. The molecule has 0 aromatic heterocycles. The molecule has 5 nitrogen and oxygen atoms in total. The molecule has 1 fully saturated rings. The van der Waals surface area contributed by atoms with Gasteiger partial charge in [0.25, 0.3) is 0 Å². The Morgan fingerprint density at radius 1 is 1.26 bits per heavy atom.